The van der Waals surface area contributed by atoms with Crippen molar-refractivity contribution in [2.45, 2.75) is 76.9 Å². The Bertz CT molecular complexity index is 1480. The molecule has 2 saturated heterocycles. The molecule has 5 heterocycles. The van der Waals surface area contributed by atoms with E-state index in [2.05, 4.69) is 27.2 Å². The van der Waals surface area contributed by atoms with Gasteiger partial charge in [0.15, 0.2) is 5.78 Å². The summed E-state index contributed by atoms with van der Waals surface area (Å²) >= 11 is 0. The van der Waals surface area contributed by atoms with Gasteiger partial charge in [0, 0.05) is 42.7 Å². The molecular formula is C28H33N7O3. The van der Waals surface area contributed by atoms with Gasteiger partial charge in [0.1, 0.15) is 11.5 Å². The van der Waals surface area contributed by atoms with Crippen molar-refractivity contribution >= 4 is 40.2 Å². The lowest BCUT2D eigenvalue weighted by Crippen LogP contribution is -2.38. The molecule has 3 aromatic rings. The predicted octanol–water partition coefficient (Wildman–Crippen LogP) is 3.76. The van der Waals surface area contributed by atoms with E-state index in [-0.39, 0.29) is 28.9 Å². The number of aryl methyl sites for hydroxylation is 1. The molecule has 198 valence electrons. The van der Waals surface area contributed by atoms with Crippen molar-refractivity contribution in [3.8, 4) is 0 Å². The number of amides is 1. The number of nitrogens with zero attached hydrogens (tertiary/aromatic N) is 6. The first-order valence-electron chi connectivity index (χ1n) is 13.5. The third kappa shape index (κ3) is 4.16. The molecule has 10 nitrogen and oxygen atoms in total. The predicted molar refractivity (Wildman–Crippen MR) is 145 cm³/mol. The van der Waals surface area contributed by atoms with Crippen molar-refractivity contribution in [3.05, 3.63) is 46.0 Å². The molecule has 3 fully saturated rings. The van der Waals surface area contributed by atoms with E-state index in [0.29, 0.717) is 53.4 Å². The molecule has 2 atom stereocenters. The number of pyridine rings is 2. The van der Waals surface area contributed by atoms with Crippen LogP contribution in [0.3, 0.4) is 0 Å². The number of nitrogens with one attached hydrogen (secondary N) is 1. The molecule has 38 heavy (non-hydrogen) atoms. The van der Waals surface area contributed by atoms with Gasteiger partial charge in [-0.25, -0.2) is 9.97 Å². The standard InChI is InChI=1S/C28H33N7O3/c1-16-22-14-30-28(32-26(22)35(18-6-4-5-7-18)27(38)25(16)17(2)36)31-23-11-10-20(13-29-23)34-15-21-9-8-19(33(21)3)12-24(34)37/h10-11,13-14,18-19,21H,4-9,12,15H2,1-3H3,(H,29,30,31,32)/t19-,21+/m0/s1. The molecule has 2 bridgehead atoms. The average Bonchev–Trinajstić information content (AvgIpc) is 3.50. The number of anilines is 3. The number of fused-ring (bicyclic) bond motifs is 3. The number of likely N-dealkylation sites (N-methyl/N-ethyl adjacent to an activating group) is 1. The first-order chi connectivity index (χ1) is 18.3. The Morgan fingerprint density at radius 1 is 1.00 bits per heavy atom. The molecular weight excluding hydrogens is 482 g/mol. The smallest absolute Gasteiger partial charge is 0.263 e. The van der Waals surface area contributed by atoms with Crippen molar-refractivity contribution in [2.24, 2.45) is 0 Å². The number of carbonyl (C=O) groups is 2. The minimum absolute atomic E-state index is 0.0179. The van der Waals surface area contributed by atoms with Crippen LogP contribution in [0.25, 0.3) is 11.0 Å². The van der Waals surface area contributed by atoms with Gasteiger partial charge in [-0.1, -0.05) is 12.8 Å². The summed E-state index contributed by atoms with van der Waals surface area (Å²) in [5, 5.41) is 3.85. The summed E-state index contributed by atoms with van der Waals surface area (Å²) in [6.45, 7) is 3.89. The fourth-order valence-corrected chi connectivity index (χ4v) is 6.47. The normalized spacial score (nSPS) is 22.3. The Morgan fingerprint density at radius 3 is 2.47 bits per heavy atom. The Kier molecular flexibility index (Phi) is 6.22. The Morgan fingerprint density at radius 2 is 1.76 bits per heavy atom. The molecule has 3 aromatic heterocycles. The van der Waals surface area contributed by atoms with Crippen molar-refractivity contribution in [3.63, 3.8) is 0 Å². The lowest BCUT2D eigenvalue weighted by molar-refractivity contribution is -0.119. The SMILES string of the molecule is CC(=O)c1c(C)c2cnc(Nc3ccc(N4C[C@H]5CC[C@@H](CC4=O)N5C)cn3)nc2n(C2CCCC2)c1=O. The lowest BCUT2D eigenvalue weighted by Gasteiger charge is -2.25. The van der Waals surface area contributed by atoms with Gasteiger partial charge in [0.25, 0.3) is 5.56 Å². The fraction of sp³-hybridized carbons (Fsp3) is 0.500. The van der Waals surface area contributed by atoms with Crippen molar-refractivity contribution in [2.75, 3.05) is 23.8 Å². The number of carbonyl (C=O) groups excluding carboxylic acids is 2. The highest BCUT2D eigenvalue weighted by Crippen LogP contribution is 2.33. The molecule has 2 aliphatic heterocycles. The Balaban J connectivity index is 1.30. The topological polar surface area (TPSA) is 113 Å². The van der Waals surface area contributed by atoms with Gasteiger partial charge in [-0.3, -0.25) is 23.9 Å². The number of rotatable bonds is 5. The van der Waals surface area contributed by atoms with Crippen LogP contribution in [0.4, 0.5) is 17.5 Å². The van der Waals surface area contributed by atoms with E-state index in [1.54, 1.807) is 23.9 Å². The summed E-state index contributed by atoms with van der Waals surface area (Å²) in [5.74, 6) is 0.758. The molecule has 1 aliphatic carbocycles. The maximum absolute atomic E-state index is 13.4. The van der Waals surface area contributed by atoms with Gasteiger partial charge in [0.2, 0.25) is 11.9 Å². The molecule has 3 aliphatic rings. The van der Waals surface area contributed by atoms with Crippen LogP contribution in [0, 0.1) is 6.92 Å². The number of Topliss-reactive ketones (excluding diaryl/α,β-unsaturated/α-hetero) is 1. The number of hydrogen-bond acceptors (Lipinski definition) is 8. The highest BCUT2D eigenvalue weighted by molar-refractivity contribution is 5.99. The highest BCUT2D eigenvalue weighted by atomic mass is 16.2. The van der Waals surface area contributed by atoms with Crippen LogP contribution in [0.1, 0.15) is 73.8 Å². The quantitative estimate of drug-likeness (QED) is 0.511. The molecule has 0 unspecified atom stereocenters. The van der Waals surface area contributed by atoms with Crippen molar-refractivity contribution < 1.29 is 9.59 Å². The molecule has 0 radical (unpaired) electrons. The van der Waals surface area contributed by atoms with E-state index in [4.69, 9.17) is 4.98 Å². The lowest BCUT2D eigenvalue weighted by atomic mass is 10.0. The van der Waals surface area contributed by atoms with Crippen LogP contribution >= 0.6 is 0 Å². The second-order valence-electron chi connectivity index (χ2n) is 10.9. The molecule has 6 rings (SSSR count). The van der Waals surface area contributed by atoms with Gasteiger partial charge >= 0.3 is 0 Å². The van der Waals surface area contributed by atoms with Crippen LogP contribution < -0.4 is 15.8 Å². The summed E-state index contributed by atoms with van der Waals surface area (Å²) < 4.78 is 1.70. The number of ketones is 1. The molecule has 1 N–H and O–H groups in total. The maximum Gasteiger partial charge on any atom is 0.263 e. The zero-order valence-electron chi connectivity index (χ0n) is 22.1. The third-order valence-electron chi connectivity index (χ3n) is 8.64. The molecule has 1 amide bonds. The molecule has 0 aromatic carbocycles. The monoisotopic (exact) mass is 515 g/mol. The zero-order chi connectivity index (χ0) is 26.6. The number of hydrogen-bond donors (Lipinski definition) is 1. The minimum atomic E-state index is -0.275. The average molecular weight is 516 g/mol. The van der Waals surface area contributed by atoms with E-state index in [9.17, 15) is 14.4 Å². The Hall–Kier alpha value is -3.66. The molecule has 10 heteroatoms. The van der Waals surface area contributed by atoms with Crippen LogP contribution in [0.15, 0.2) is 29.3 Å². The molecule has 0 spiro atoms. The summed E-state index contributed by atoms with van der Waals surface area (Å²) in [6, 6.07) is 4.43. The minimum Gasteiger partial charge on any atom is -0.309 e. The van der Waals surface area contributed by atoms with Gasteiger partial charge in [-0.2, -0.15) is 4.98 Å². The summed E-state index contributed by atoms with van der Waals surface area (Å²) in [4.78, 5) is 56.6. The van der Waals surface area contributed by atoms with Gasteiger partial charge < -0.3 is 10.2 Å². The van der Waals surface area contributed by atoms with Crippen LogP contribution in [0.5, 0.6) is 0 Å². The van der Waals surface area contributed by atoms with E-state index in [1.165, 1.54) is 6.92 Å². The van der Waals surface area contributed by atoms with Gasteiger partial charge in [0.05, 0.1) is 17.4 Å². The molecule has 1 saturated carbocycles. The third-order valence-corrected chi connectivity index (χ3v) is 8.64. The first kappa shape index (κ1) is 24.7. The van der Waals surface area contributed by atoms with E-state index in [1.807, 2.05) is 17.0 Å². The highest BCUT2D eigenvalue weighted by Gasteiger charge is 2.38. The van der Waals surface area contributed by atoms with Gasteiger partial charge in [-0.15, -0.1) is 0 Å². The summed E-state index contributed by atoms with van der Waals surface area (Å²) in [7, 11) is 2.11. The van der Waals surface area contributed by atoms with E-state index < -0.39 is 0 Å². The second kappa shape index (κ2) is 9.58. The van der Waals surface area contributed by atoms with Crippen LogP contribution in [-0.4, -0.2) is 61.8 Å². The van der Waals surface area contributed by atoms with Crippen LogP contribution in [-0.2, 0) is 4.79 Å². The van der Waals surface area contributed by atoms with Crippen molar-refractivity contribution in [1.29, 1.82) is 0 Å². The van der Waals surface area contributed by atoms with E-state index >= 15 is 0 Å². The number of aromatic nitrogens is 4. The summed E-state index contributed by atoms with van der Waals surface area (Å²) in [5.41, 5.74) is 1.87. The van der Waals surface area contributed by atoms with Gasteiger partial charge in [-0.05, 0) is 64.3 Å². The fourth-order valence-electron chi connectivity index (χ4n) is 6.47. The first-order valence-corrected chi connectivity index (χ1v) is 13.5. The van der Waals surface area contributed by atoms with Crippen molar-refractivity contribution in [1.82, 2.24) is 24.4 Å². The largest absolute Gasteiger partial charge is 0.309 e. The van der Waals surface area contributed by atoms with Crippen LogP contribution in [0.2, 0.25) is 0 Å². The van der Waals surface area contributed by atoms with E-state index in [0.717, 1.165) is 44.2 Å². The Labute approximate surface area is 221 Å². The zero-order valence-corrected chi connectivity index (χ0v) is 22.1. The summed E-state index contributed by atoms with van der Waals surface area (Å²) in [6.07, 6.45) is 9.97. The second-order valence-corrected chi connectivity index (χ2v) is 10.9. The maximum atomic E-state index is 13.4.